The van der Waals surface area contributed by atoms with E-state index in [9.17, 15) is 0 Å². The molecule has 4 rings (SSSR count). The Morgan fingerprint density at radius 3 is 2.77 bits per heavy atom. The van der Waals surface area contributed by atoms with Gasteiger partial charge in [0.2, 0.25) is 0 Å². The second-order valence-electron chi connectivity index (χ2n) is 7.26. The number of nitrogens with one attached hydrogen (secondary N) is 1. The zero-order valence-electron chi connectivity index (χ0n) is 15.6. The van der Waals surface area contributed by atoms with Gasteiger partial charge in [-0.15, -0.1) is 0 Å². The number of anilines is 1. The average Bonchev–Trinajstić information content (AvgIpc) is 3.21. The molecule has 2 saturated heterocycles. The Balaban J connectivity index is 1.32. The van der Waals surface area contributed by atoms with Gasteiger partial charge in [-0.3, -0.25) is 9.80 Å². The van der Waals surface area contributed by atoms with Crippen molar-refractivity contribution in [3.05, 3.63) is 42.5 Å². The Kier molecular flexibility index (Phi) is 5.41. The molecule has 26 heavy (non-hydrogen) atoms. The number of H-pyrrole nitrogens is 1. The van der Waals surface area contributed by atoms with Crippen molar-refractivity contribution in [2.24, 2.45) is 0 Å². The van der Waals surface area contributed by atoms with Crippen LogP contribution in [0.4, 0.5) is 5.69 Å². The highest BCUT2D eigenvalue weighted by atomic mass is 16.5. The van der Waals surface area contributed by atoms with Crippen LogP contribution < -0.4 is 9.64 Å². The van der Waals surface area contributed by atoms with E-state index in [0.29, 0.717) is 6.04 Å². The van der Waals surface area contributed by atoms with Crippen molar-refractivity contribution in [3.63, 3.8) is 0 Å². The summed E-state index contributed by atoms with van der Waals surface area (Å²) in [6.07, 6.45) is 6.34. The van der Waals surface area contributed by atoms with Gasteiger partial charge in [0.05, 0.1) is 19.3 Å². The number of ether oxygens (including phenoxy) is 1. The molecule has 2 aliphatic heterocycles. The van der Waals surface area contributed by atoms with Gasteiger partial charge in [0.25, 0.3) is 0 Å². The number of hydrogen-bond donors (Lipinski definition) is 1. The van der Waals surface area contributed by atoms with Crippen LogP contribution in [0.3, 0.4) is 0 Å². The number of piperazine rings is 1. The summed E-state index contributed by atoms with van der Waals surface area (Å²) in [5.74, 6) is 2.05. The molecular weight excluding hydrogens is 326 g/mol. The summed E-state index contributed by atoms with van der Waals surface area (Å²) in [6.45, 7) is 7.64. The fourth-order valence-electron chi connectivity index (χ4n) is 4.29. The fraction of sp³-hybridized carbons (Fsp3) is 0.550. The lowest BCUT2D eigenvalue weighted by Gasteiger charge is -2.44. The summed E-state index contributed by atoms with van der Waals surface area (Å²) in [5.41, 5.74) is 1.22. The first kappa shape index (κ1) is 17.4. The van der Waals surface area contributed by atoms with Crippen molar-refractivity contribution in [2.75, 3.05) is 51.3 Å². The van der Waals surface area contributed by atoms with Crippen molar-refractivity contribution in [2.45, 2.75) is 25.4 Å². The topological polar surface area (TPSA) is 47.6 Å². The molecule has 0 unspecified atom stereocenters. The van der Waals surface area contributed by atoms with Crippen LogP contribution in [0.2, 0.25) is 0 Å². The number of rotatable bonds is 5. The number of piperidine rings is 1. The lowest BCUT2D eigenvalue weighted by molar-refractivity contribution is 0.0874. The Labute approximate surface area is 155 Å². The molecule has 3 heterocycles. The Morgan fingerprint density at radius 2 is 2.00 bits per heavy atom. The first-order valence-electron chi connectivity index (χ1n) is 9.66. The number of para-hydroxylation sites is 2. The van der Waals surface area contributed by atoms with E-state index in [4.69, 9.17) is 4.74 Å². The molecule has 0 amide bonds. The summed E-state index contributed by atoms with van der Waals surface area (Å²) in [7, 11) is 1.75. The molecular formula is C20H29N5O. The smallest absolute Gasteiger partial charge is 0.142 e. The van der Waals surface area contributed by atoms with Crippen molar-refractivity contribution < 1.29 is 4.74 Å². The number of hydrogen-bond acceptors (Lipinski definition) is 5. The van der Waals surface area contributed by atoms with Gasteiger partial charge in [0, 0.05) is 51.2 Å². The number of benzene rings is 1. The van der Waals surface area contributed by atoms with Crippen molar-refractivity contribution in [1.29, 1.82) is 0 Å². The average molecular weight is 355 g/mol. The van der Waals surface area contributed by atoms with Gasteiger partial charge in [-0.25, -0.2) is 4.98 Å². The summed E-state index contributed by atoms with van der Waals surface area (Å²) in [4.78, 5) is 15.3. The van der Waals surface area contributed by atoms with Crippen LogP contribution in [0.15, 0.2) is 36.7 Å². The zero-order valence-corrected chi connectivity index (χ0v) is 15.6. The van der Waals surface area contributed by atoms with Gasteiger partial charge in [-0.05, 0) is 31.5 Å². The van der Waals surface area contributed by atoms with E-state index in [1.54, 1.807) is 7.11 Å². The summed E-state index contributed by atoms with van der Waals surface area (Å²) in [5, 5.41) is 0. The number of aromatic amines is 1. The lowest BCUT2D eigenvalue weighted by Crippen LogP contribution is -2.55. The summed E-state index contributed by atoms with van der Waals surface area (Å²) in [6, 6.07) is 9.01. The third-order valence-electron chi connectivity index (χ3n) is 5.67. The summed E-state index contributed by atoms with van der Waals surface area (Å²) >= 11 is 0. The van der Waals surface area contributed by atoms with Crippen molar-refractivity contribution in [1.82, 2.24) is 19.8 Å². The van der Waals surface area contributed by atoms with Gasteiger partial charge in [0.15, 0.2) is 0 Å². The highest BCUT2D eigenvalue weighted by molar-refractivity contribution is 5.58. The number of methoxy groups -OCH3 is 1. The maximum atomic E-state index is 5.53. The molecule has 6 heteroatoms. The van der Waals surface area contributed by atoms with Crippen LogP contribution in [0.1, 0.15) is 18.7 Å². The molecule has 6 nitrogen and oxygen atoms in total. The molecule has 0 spiro atoms. The maximum absolute atomic E-state index is 5.53. The van der Waals surface area contributed by atoms with Gasteiger partial charge >= 0.3 is 0 Å². The minimum atomic E-state index is 0.665. The first-order valence-corrected chi connectivity index (χ1v) is 9.66. The van der Waals surface area contributed by atoms with Crippen LogP contribution >= 0.6 is 0 Å². The molecule has 1 aromatic carbocycles. The molecule has 0 radical (unpaired) electrons. The van der Waals surface area contributed by atoms with E-state index >= 15 is 0 Å². The Morgan fingerprint density at radius 1 is 1.15 bits per heavy atom. The third-order valence-corrected chi connectivity index (χ3v) is 5.67. The molecule has 2 aromatic rings. The second kappa shape index (κ2) is 8.10. The normalized spacial score (nSPS) is 22.5. The van der Waals surface area contributed by atoms with E-state index in [1.165, 1.54) is 25.1 Å². The molecule has 1 atom stereocenters. The quantitative estimate of drug-likeness (QED) is 0.891. The third kappa shape index (κ3) is 3.86. The minimum Gasteiger partial charge on any atom is -0.495 e. The predicted molar refractivity (Wildman–Crippen MR) is 104 cm³/mol. The van der Waals surface area contributed by atoms with Crippen molar-refractivity contribution >= 4 is 5.69 Å². The van der Waals surface area contributed by atoms with Crippen LogP contribution in [0, 0.1) is 0 Å². The molecule has 1 aromatic heterocycles. The highest BCUT2D eigenvalue weighted by Crippen LogP contribution is 2.29. The fourth-order valence-corrected chi connectivity index (χ4v) is 4.29. The number of aromatic nitrogens is 2. The SMILES string of the molecule is COc1ccccc1N1CCN([C@@H]2CCCN(Cc3ncc[nH]3)C2)CC1. The largest absolute Gasteiger partial charge is 0.495 e. The summed E-state index contributed by atoms with van der Waals surface area (Å²) < 4.78 is 5.53. The second-order valence-corrected chi connectivity index (χ2v) is 7.26. The van der Waals surface area contributed by atoms with E-state index < -0.39 is 0 Å². The van der Waals surface area contributed by atoms with Crippen LogP contribution in [-0.4, -0.2) is 72.2 Å². The molecule has 0 bridgehead atoms. The number of likely N-dealkylation sites (tertiary alicyclic amines) is 1. The number of imidazole rings is 1. The maximum Gasteiger partial charge on any atom is 0.142 e. The zero-order chi connectivity index (χ0) is 17.8. The van der Waals surface area contributed by atoms with Crippen molar-refractivity contribution in [3.8, 4) is 5.75 Å². The molecule has 0 saturated carbocycles. The van der Waals surface area contributed by atoms with Gasteiger partial charge < -0.3 is 14.6 Å². The van der Waals surface area contributed by atoms with Gasteiger partial charge in [-0.1, -0.05) is 12.1 Å². The molecule has 140 valence electrons. The van der Waals surface area contributed by atoms with Crippen LogP contribution in [-0.2, 0) is 6.54 Å². The lowest BCUT2D eigenvalue weighted by atomic mass is 10.0. The monoisotopic (exact) mass is 355 g/mol. The van der Waals surface area contributed by atoms with E-state index in [1.807, 2.05) is 18.5 Å². The Hall–Kier alpha value is -2.05. The van der Waals surface area contributed by atoms with E-state index in [-0.39, 0.29) is 0 Å². The van der Waals surface area contributed by atoms with Crippen LogP contribution in [0.25, 0.3) is 0 Å². The van der Waals surface area contributed by atoms with E-state index in [2.05, 4.69) is 42.9 Å². The molecule has 2 aliphatic rings. The minimum absolute atomic E-state index is 0.665. The van der Waals surface area contributed by atoms with E-state index in [0.717, 1.165) is 50.8 Å². The van der Waals surface area contributed by atoms with Gasteiger partial charge in [-0.2, -0.15) is 0 Å². The number of nitrogens with zero attached hydrogens (tertiary/aromatic N) is 4. The molecule has 0 aliphatic carbocycles. The molecule has 2 fully saturated rings. The Bertz CT molecular complexity index is 681. The van der Waals surface area contributed by atoms with Gasteiger partial charge in [0.1, 0.15) is 11.6 Å². The predicted octanol–water partition coefficient (Wildman–Crippen LogP) is 2.20. The van der Waals surface area contributed by atoms with Crippen LogP contribution in [0.5, 0.6) is 5.75 Å². The molecule has 1 N–H and O–H groups in total. The standard InChI is InChI=1S/C20H29N5O/c1-26-19-7-3-2-6-18(19)25-13-11-24(12-14-25)17-5-4-10-23(15-17)16-20-21-8-9-22-20/h2-3,6-9,17H,4-5,10-16H2,1H3,(H,21,22)/t17-/m1/s1. The first-order chi connectivity index (χ1) is 12.8. The highest BCUT2D eigenvalue weighted by Gasteiger charge is 2.28.